The number of hydrogen-bond donors (Lipinski definition) is 0. The minimum absolute atomic E-state index is 0. The van der Waals surface area contributed by atoms with Gasteiger partial charge in [0, 0.05) is 0 Å². The molecule has 4 aliphatic carbocycles. The van der Waals surface area contributed by atoms with Crippen LogP contribution in [0.15, 0.2) is 194 Å². The Morgan fingerprint density at radius 3 is 0.849 bits per heavy atom. The van der Waals surface area contributed by atoms with E-state index in [0.717, 1.165) is 25.7 Å². The van der Waals surface area contributed by atoms with Crippen molar-refractivity contribution in [3.8, 4) is 22.3 Å². The molecule has 0 nitrogen and oxygen atoms in total. The first kappa shape index (κ1) is 71.6. The first-order chi connectivity index (χ1) is 39.7. The molecule has 4 heteroatoms. The Labute approximate surface area is 562 Å². The monoisotopic (exact) mass is 1320 g/mol. The number of rotatable bonds is 4. The molecule has 0 heterocycles. The van der Waals surface area contributed by atoms with Crippen molar-refractivity contribution in [1.82, 2.24) is 0 Å². The molecule has 0 aromatic heterocycles. The summed E-state index contributed by atoms with van der Waals surface area (Å²) < 4.78 is 2.83. The van der Waals surface area contributed by atoms with E-state index < -0.39 is 0 Å². The van der Waals surface area contributed by atoms with Crippen LogP contribution >= 0.6 is 0 Å². The van der Waals surface area contributed by atoms with Crippen LogP contribution in [0.4, 0.5) is 0 Å². The molecular weight excluding hydrogens is 1240 g/mol. The molecule has 0 N–H and O–H groups in total. The van der Waals surface area contributed by atoms with Gasteiger partial charge in [0.1, 0.15) is 0 Å². The van der Waals surface area contributed by atoms with Gasteiger partial charge in [-0.15, -0.1) is 46.2 Å². The van der Waals surface area contributed by atoms with E-state index in [2.05, 4.69) is 305 Å². The summed E-state index contributed by atoms with van der Waals surface area (Å²) in [6.45, 7) is 36.5. The summed E-state index contributed by atoms with van der Waals surface area (Å²) in [6.07, 6.45) is 22.1. The predicted molar refractivity (Wildman–Crippen MR) is 356 cm³/mol. The number of halogens is 2. The molecule has 86 heavy (non-hydrogen) atoms. The van der Waals surface area contributed by atoms with Gasteiger partial charge in [0.25, 0.3) is 0 Å². The SMILES string of the molecule is Cc1[c-]c2c(cc1C(C)(C)C)-c1cc(C(C)(C)C)c(C)cc1C2.Cc1[c-]c2c(cc1C(C)(C)C)-c1cc(C(C)(C)C)c(C)cc1C2.[C-]1=CC=CC1.[C-]1=CC=CC1.[Cl-].[Cl-].[Zr+2]=[C](c1ccccc1)c1ccccc1.[Zr+2]=[C](c1ccccc1)c1ccccc1. The van der Waals surface area contributed by atoms with Crippen molar-refractivity contribution in [2.45, 2.75) is 158 Å². The Kier molecular flexibility index (Phi) is 26.5. The second-order valence-electron chi connectivity index (χ2n) is 26.6. The fourth-order valence-corrected chi connectivity index (χ4v) is 13.1. The van der Waals surface area contributed by atoms with E-state index in [1.165, 1.54) is 166 Å². The average molecular weight is 1330 g/mol. The molecule has 0 saturated carbocycles. The maximum absolute atomic E-state index is 3.69. The van der Waals surface area contributed by atoms with Crippen molar-refractivity contribution in [2.24, 2.45) is 0 Å². The molecule has 0 radical (unpaired) electrons. The summed E-state index contributed by atoms with van der Waals surface area (Å²) in [5, 5.41) is 0. The predicted octanol–water partition coefficient (Wildman–Crippen LogP) is 14.8. The molecule has 0 amide bonds. The summed E-state index contributed by atoms with van der Waals surface area (Å²) in [7, 11) is 0. The van der Waals surface area contributed by atoms with Gasteiger partial charge in [-0.25, -0.2) is 24.3 Å². The van der Waals surface area contributed by atoms with E-state index in [4.69, 9.17) is 0 Å². The van der Waals surface area contributed by atoms with Crippen LogP contribution in [0.5, 0.6) is 0 Å². The third kappa shape index (κ3) is 19.4. The van der Waals surface area contributed by atoms with Crippen LogP contribution < -0.4 is 24.8 Å². The van der Waals surface area contributed by atoms with Gasteiger partial charge in [0.05, 0.1) is 0 Å². The molecule has 0 saturated heterocycles. The van der Waals surface area contributed by atoms with Crippen molar-refractivity contribution in [1.29, 1.82) is 0 Å². The minimum atomic E-state index is 0. The van der Waals surface area contributed by atoms with Crippen LogP contribution in [0.25, 0.3) is 22.3 Å². The van der Waals surface area contributed by atoms with E-state index in [9.17, 15) is 0 Å². The van der Waals surface area contributed by atoms with Gasteiger partial charge in [-0.1, -0.05) is 143 Å². The summed E-state index contributed by atoms with van der Waals surface area (Å²) in [6, 6.07) is 64.1. The van der Waals surface area contributed by atoms with Gasteiger partial charge in [0.2, 0.25) is 0 Å². The number of aryl methyl sites for hydroxylation is 4. The third-order valence-corrected chi connectivity index (χ3v) is 18.4. The molecule has 8 aromatic carbocycles. The second kappa shape index (κ2) is 31.8. The molecule has 0 atom stereocenters. The fraction of sp³-hybridized carbons (Fsp3) is 0.293. The van der Waals surface area contributed by atoms with E-state index in [-0.39, 0.29) is 46.5 Å². The van der Waals surface area contributed by atoms with Crippen LogP contribution in [0, 0.1) is 52.0 Å². The summed E-state index contributed by atoms with van der Waals surface area (Å²) in [5.74, 6) is 0. The third-order valence-electron chi connectivity index (χ3n) is 15.6. The molecule has 0 fully saturated rings. The molecule has 0 aliphatic heterocycles. The Morgan fingerprint density at radius 1 is 0.360 bits per heavy atom. The quantitative estimate of drug-likeness (QED) is 0.154. The molecule has 0 unspecified atom stereocenters. The topological polar surface area (TPSA) is 0 Å². The average Bonchev–Trinajstić information content (AvgIpc) is 1.73. The van der Waals surface area contributed by atoms with Crippen molar-refractivity contribution in [3.05, 3.63) is 307 Å². The van der Waals surface area contributed by atoms with Crippen LogP contribution in [-0.2, 0) is 83.0 Å². The Balaban J connectivity index is 0.000000200. The van der Waals surface area contributed by atoms with E-state index in [1.807, 2.05) is 24.3 Å². The number of allylic oxidation sites excluding steroid dienone is 8. The van der Waals surface area contributed by atoms with Gasteiger partial charge in [-0.3, -0.25) is 12.2 Å². The van der Waals surface area contributed by atoms with Crippen LogP contribution in [0.1, 0.15) is 185 Å². The number of hydrogen-bond acceptors (Lipinski definition) is 0. The number of fused-ring (bicyclic) bond motifs is 6. The van der Waals surface area contributed by atoms with Crippen molar-refractivity contribution >= 4 is 6.41 Å². The number of benzene rings is 8. The Hall–Kier alpha value is -5.19. The van der Waals surface area contributed by atoms with Gasteiger partial charge in [-0.05, 0) is 70.9 Å². The van der Waals surface area contributed by atoms with Gasteiger partial charge in [0.15, 0.2) is 0 Å². The van der Waals surface area contributed by atoms with Crippen molar-refractivity contribution in [3.63, 3.8) is 0 Å². The first-order valence-electron chi connectivity index (χ1n) is 30.0. The van der Waals surface area contributed by atoms with Gasteiger partial charge in [-0.2, -0.15) is 47.5 Å². The van der Waals surface area contributed by atoms with E-state index in [0.29, 0.717) is 0 Å². The standard InChI is InChI=1S/2C23H29.2C13H10.2C5H5.2ClH.2Zr/c2*1-14-9-16-11-17-10-15(2)21(23(6,7)8)13-19(17)18(16)12-20(14)22(3,4)5;2*1-3-7-12(8-4-1)11-13-9-5-2-6-10-13;2*1-2-4-5-3-1;;;;/h2*9,12-13H,11H2,1-8H3;2*1-10H;2*1-3H,4H2;2*1H;;/q2*-1;;;2*-1;;;2*+2/p-2. The maximum atomic E-state index is 3.69. The molecule has 440 valence electrons. The molecular formula is C82H88Cl2Zr2-2. The van der Waals surface area contributed by atoms with E-state index >= 15 is 0 Å². The zero-order valence-corrected chi connectivity index (χ0v) is 60.5. The molecule has 4 aliphatic rings. The fourth-order valence-electron chi connectivity index (χ4n) is 11.5. The van der Waals surface area contributed by atoms with Gasteiger partial charge < -0.3 is 24.8 Å². The van der Waals surface area contributed by atoms with Gasteiger partial charge >= 0.3 is 198 Å². The molecule has 0 bridgehead atoms. The van der Waals surface area contributed by atoms with Crippen LogP contribution in [0.3, 0.4) is 0 Å². The normalized spacial score (nSPS) is 12.7. The summed E-state index contributed by atoms with van der Waals surface area (Å²) in [5.41, 5.74) is 28.5. The first-order valence-corrected chi connectivity index (χ1v) is 32.4. The summed E-state index contributed by atoms with van der Waals surface area (Å²) in [4.78, 5) is 0. The molecule has 12 rings (SSSR count). The molecule has 0 spiro atoms. The van der Waals surface area contributed by atoms with E-state index in [1.54, 1.807) is 0 Å². The second-order valence-corrected chi connectivity index (χ2v) is 29.1. The van der Waals surface area contributed by atoms with Crippen LogP contribution in [0.2, 0.25) is 0 Å². The molecule has 8 aromatic rings. The van der Waals surface area contributed by atoms with Crippen molar-refractivity contribution < 1.29 is 73.3 Å². The van der Waals surface area contributed by atoms with Crippen LogP contribution in [-0.4, -0.2) is 6.41 Å². The Morgan fingerprint density at radius 2 is 0.628 bits per heavy atom. The Bertz CT molecular complexity index is 3200. The zero-order chi connectivity index (χ0) is 61.0. The summed E-state index contributed by atoms with van der Waals surface area (Å²) >= 11 is 2.92. The van der Waals surface area contributed by atoms with Crippen molar-refractivity contribution in [2.75, 3.05) is 0 Å². The zero-order valence-electron chi connectivity index (χ0n) is 54.1.